The van der Waals surface area contributed by atoms with Crippen molar-refractivity contribution in [2.75, 3.05) is 6.54 Å². The van der Waals surface area contributed by atoms with E-state index in [1.165, 1.54) is 32.1 Å². The van der Waals surface area contributed by atoms with E-state index in [-0.39, 0.29) is 5.91 Å². The molecule has 1 heterocycles. The van der Waals surface area contributed by atoms with E-state index in [9.17, 15) is 4.79 Å². The normalized spacial score (nSPS) is 26.3. The van der Waals surface area contributed by atoms with Crippen LogP contribution in [0, 0.1) is 5.92 Å². The molecule has 2 fully saturated rings. The minimum Gasteiger partial charge on any atom is -0.375 e. The Kier molecular flexibility index (Phi) is 3.09. The number of allylic oxidation sites excluding steroid dienone is 1. The summed E-state index contributed by atoms with van der Waals surface area (Å²) in [6.45, 7) is 4.38. The maximum atomic E-state index is 11.6. The third-order valence-electron chi connectivity index (χ3n) is 3.08. The van der Waals surface area contributed by atoms with Gasteiger partial charge in [0.05, 0.1) is 12.2 Å². The van der Waals surface area contributed by atoms with Crippen molar-refractivity contribution in [1.82, 2.24) is 10.6 Å². The van der Waals surface area contributed by atoms with Crippen molar-refractivity contribution in [1.29, 1.82) is 0 Å². The molecule has 2 N–H and O–H groups in total. The Balaban J connectivity index is 1.99. The zero-order chi connectivity index (χ0) is 10.7. The molecule has 0 radical (unpaired) electrons. The average Bonchev–Trinajstić information content (AvgIpc) is 2.24. The molecule has 1 aliphatic heterocycles. The number of carbonyl (C=O) groups is 1. The van der Waals surface area contributed by atoms with Gasteiger partial charge in [0.1, 0.15) is 0 Å². The second-order valence-electron chi connectivity index (χ2n) is 4.39. The maximum absolute atomic E-state index is 11.6. The zero-order valence-electron chi connectivity index (χ0n) is 9.01. The molecule has 0 unspecified atom stereocenters. The molecular weight excluding hydrogens is 188 g/mol. The smallest absolute Gasteiger partial charge is 0.271 e. The van der Waals surface area contributed by atoms with Gasteiger partial charge in [-0.15, -0.1) is 0 Å². The second kappa shape index (κ2) is 4.51. The molecular formula is C12H18N2O. The summed E-state index contributed by atoms with van der Waals surface area (Å²) in [4.78, 5) is 11.6. The minimum absolute atomic E-state index is 0.0307. The van der Waals surface area contributed by atoms with Crippen molar-refractivity contribution in [2.45, 2.75) is 32.1 Å². The molecule has 3 nitrogen and oxygen atoms in total. The monoisotopic (exact) mass is 206 g/mol. The first-order valence-electron chi connectivity index (χ1n) is 5.70. The Labute approximate surface area is 90.6 Å². The van der Waals surface area contributed by atoms with Crippen molar-refractivity contribution >= 4 is 5.91 Å². The highest BCUT2D eigenvalue weighted by atomic mass is 16.2. The highest BCUT2D eigenvalue weighted by Crippen LogP contribution is 2.25. The van der Waals surface area contributed by atoms with Gasteiger partial charge in [-0.05, 0) is 18.8 Å². The van der Waals surface area contributed by atoms with E-state index >= 15 is 0 Å². The minimum atomic E-state index is -0.0307. The van der Waals surface area contributed by atoms with Gasteiger partial charge in [0, 0.05) is 5.70 Å². The van der Waals surface area contributed by atoms with Crippen molar-refractivity contribution in [2.24, 2.45) is 5.92 Å². The molecule has 0 bridgehead atoms. The maximum Gasteiger partial charge on any atom is 0.271 e. The molecule has 0 aromatic rings. The molecule has 0 aromatic heterocycles. The highest BCUT2D eigenvalue weighted by Gasteiger charge is 2.19. The summed E-state index contributed by atoms with van der Waals surface area (Å²) in [6.07, 6.45) is 8.47. The molecule has 1 saturated heterocycles. The van der Waals surface area contributed by atoms with Crippen LogP contribution in [0.15, 0.2) is 24.0 Å². The third kappa shape index (κ3) is 2.61. The van der Waals surface area contributed by atoms with Gasteiger partial charge in [-0.2, -0.15) is 0 Å². The zero-order valence-corrected chi connectivity index (χ0v) is 9.01. The number of piperazine rings is 1. The van der Waals surface area contributed by atoms with Crippen LogP contribution in [0.5, 0.6) is 0 Å². The molecule has 2 aliphatic rings. The van der Waals surface area contributed by atoms with Gasteiger partial charge in [-0.3, -0.25) is 4.79 Å². The van der Waals surface area contributed by atoms with Crippen molar-refractivity contribution in [3.63, 3.8) is 0 Å². The van der Waals surface area contributed by atoms with Crippen LogP contribution in [0.3, 0.4) is 0 Å². The van der Waals surface area contributed by atoms with Gasteiger partial charge < -0.3 is 10.6 Å². The number of hydrogen-bond donors (Lipinski definition) is 2. The summed E-state index contributed by atoms with van der Waals surface area (Å²) in [7, 11) is 0. The average molecular weight is 206 g/mol. The van der Waals surface area contributed by atoms with Crippen LogP contribution in [0.4, 0.5) is 0 Å². The fraction of sp³-hybridized carbons (Fsp3) is 0.583. The lowest BCUT2D eigenvalue weighted by Gasteiger charge is -2.23. The first-order chi connectivity index (χ1) is 7.25. The van der Waals surface area contributed by atoms with Crippen LogP contribution in [-0.4, -0.2) is 12.5 Å². The van der Waals surface area contributed by atoms with Crippen LogP contribution in [0.2, 0.25) is 0 Å². The fourth-order valence-corrected chi connectivity index (χ4v) is 2.23. The molecule has 1 aliphatic carbocycles. The van der Waals surface area contributed by atoms with Crippen LogP contribution in [0.1, 0.15) is 32.1 Å². The van der Waals surface area contributed by atoms with Gasteiger partial charge >= 0.3 is 0 Å². The first-order valence-corrected chi connectivity index (χ1v) is 5.70. The standard InChI is InChI=1S/C12H18N2O/c1-9-8-13-11(12(15)14-9)7-10-5-3-2-4-6-10/h7,10,13H,1-6,8H2,(H,14,15)/b11-7-. The summed E-state index contributed by atoms with van der Waals surface area (Å²) >= 11 is 0. The van der Waals surface area contributed by atoms with Gasteiger partial charge in [0.25, 0.3) is 5.91 Å². The van der Waals surface area contributed by atoms with Gasteiger partial charge in [-0.1, -0.05) is 31.9 Å². The number of carbonyl (C=O) groups excluding carboxylic acids is 1. The van der Waals surface area contributed by atoms with Gasteiger partial charge in [-0.25, -0.2) is 0 Å². The van der Waals surface area contributed by atoms with Crippen LogP contribution in [0.25, 0.3) is 0 Å². The molecule has 0 spiro atoms. The molecule has 82 valence electrons. The van der Waals surface area contributed by atoms with E-state index < -0.39 is 0 Å². The van der Waals surface area contributed by atoms with Crippen LogP contribution in [-0.2, 0) is 4.79 Å². The molecule has 1 amide bonds. The summed E-state index contributed by atoms with van der Waals surface area (Å²) in [5, 5.41) is 5.87. The summed E-state index contributed by atoms with van der Waals surface area (Å²) in [5.74, 6) is 0.551. The Morgan fingerprint density at radius 3 is 2.67 bits per heavy atom. The van der Waals surface area contributed by atoms with Crippen molar-refractivity contribution in [3.8, 4) is 0 Å². The Morgan fingerprint density at radius 1 is 1.27 bits per heavy atom. The largest absolute Gasteiger partial charge is 0.375 e. The number of hydrogen-bond acceptors (Lipinski definition) is 2. The number of nitrogens with one attached hydrogen (secondary N) is 2. The van der Waals surface area contributed by atoms with Gasteiger partial charge in [0.2, 0.25) is 0 Å². The topological polar surface area (TPSA) is 41.1 Å². The van der Waals surface area contributed by atoms with Crippen molar-refractivity contribution in [3.05, 3.63) is 24.0 Å². The molecule has 0 atom stereocenters. The van der Waals surface area contributed by atoms with E-state index in [4.69, 9.17) is 0 Å². The summed E-state index contributed by atoms with van der Waals surface area (Å²) in [6, 6.07) is 0. The molecule has 1 saturated carbocycles. The first kappa shape index (κ1) is 10.3. The highest BCUT2D eigenvalue weighted by molar-refractivity contribution is 5.95. The lowest BCUT2D eigenvalue weighted by atomic mass is 9.88. The van der Waals surface area contributed by atoms with Crippen molar-refractivity contribution < 1.29 is 4.79 Å². The van der Waals surface area contributed by atoms with E-state index in [2.05, 4.69) is 23.3 Å². The molecule has 3 heteroatoms. The van der Waals surface area contributed by atoms with E-state index in [1.807, 2.05) is 0 Å². The number of rotatable bonds is 1. The lowest BCUT2D eigenvalue weighted by Crippen LogP contribution is -2.41. The Bertz CT molecular complexity index is 301. The molecule has 0 aromatic carbocycles. The third-order valence-corrected chi connectivity index (χ3v) is 3.08. The number of amides is 1. The summed E-state index contributed by atoms with van der Waals surface area (Å²) in [5.41, 5.74) is 1.48. The van der Waals surface area contributed by atoms with E-state index in [0.29, 0.717) is 12.5 Å². The van der Waals surface area contributed by atoms with E-state index in [0.717, 1.165) is 11.4 Å². The van der Waals surface area contributed by atoms with Gasteiger partial charge in [0.15, 0.2) is 0 Å². The van der Waals surface area contributed by atoms with Crippen LogP contribution >= 0.6 is 0 Å². The summed E-state index contributed by atoms with van der Waals surface area (Å²) < 4.78 is 0. The quantitative estimate of drug-likeness (QED) is 0.641. The SMILES string of the molecule is C=C1CN/C(=C\C2CCCCC2)C(=O)N1. The van der Waals surface area contributed by atoms with Crippen LogP contribution < -0.4 is 10.6 Å². The molecule has 15 heavy (non-hydrogen) atoms. The Morgan fingerprint density at radius 2 is 2.00 bits per heavy atom. The second-order valence-corrected chi connectivity index (χ2v) is 4.39. The fourth-order valence-electron chi connectivity index (χ4n) is 2.23. The predicted molar refractivity (Wildman–Crippen MR) is 59.9 cm³/mol. The van der Waals surface area contributed by atoms with E-state index in [1.54, 1.807) is 0 Å². The Hall–Kier alpha value is -1.25. The molecule has 2 rings (SSSR count). The lowest BCUT2D eigenvalue weighted by molar-refractivity contribution is -0.117. The predicted octanol–water partition coefficient (Wildman–Crippen LogP) is 1.68.